The van der Waals surface area contributed by atoms with Crippen LogP contribution in [0.2, 0.25) is 0 Å². The molecule has 1 heterocycles. The third-order valence-corrected chi connectivity index (χ3v) is 4.50. The lowest BCUT2D eigenvalue weighted by molar-refractivity contribution is -0.0481. The summed E-state index contributed by atoms with van der Waals surface area (Å²) in [4.78, 5) is 2.37. The van der Waals surface area contributed by atoms with Crippen LogP contribution in [0.25, 0.3) is 0 Å². The molecule has 1 unspecified atom stereocenters. The summed E-state index contributed by atoms with van der Waals surface area (Å²) < 4.78 is 11.5. The molecule has 2 fully saturated rings. The van der Waals surface area contributed by atoms with E-state index in [1.165, 1.54) is 38.5 Å². The van der Waals surface area contributed by atoms with Gasteiger partial charge in [-0.2, -0.15) is 0 Å². The number of rotatable bonds is 7. The molecule has 2 aliphatic rings. The zero-order chi connectivity index (χ0) is 12.8. The smallest absolute Gasteiger partial charge is 0.0710 e. The minimum atomic E-state index is 0.249. The Balaban J connectivity index is 1.77. The van der Waals surface area contributed by atoms with Crippen molar-refractivity contribution < 1.29 is 9.47 Å². The first-order valence-electron chi connectivity index (χ1n) is 7.23. The lowest BCUT2D eigenvalue weighted by Gasteiger charge is -2.27. The van der Waals surface area contributed by atoms with Gasteiger partial charge in [0, 0.05) is 32.6 Å². The Morgan fingerprint density at radius 2 is 2.06 bits per heavy atom. The summed E-state index contributed by atoms with van der Waals surface area (Å²) in [7, 11) is 1.75. The van der Waals surface area contributed by atoms with Gasteiger partial charge in [0.2, 0.25) is 0 Å². The lowest BCUT2D eigenvalue weighted by atomic mass is 9.98. The van der Waals surface area contributed by atoms with Crippen LogP contribution in [0.3, 0.4) is 0 Å². The van der Waals surface area contributed by atoms with Crippen LogP contribution in [0, 0.1) is 0 Å². The van der Waals surface area contributed by atoms with E-state index in [0.717, 1.165) is 26.2 Å². The third kappa shape index (κ3) is 3.83. The first kappa shape index (κ1) is 14.6. The van der Waals surface area contributed by atoms with E-state index < -0.39 is 0 Å². The predicted molar refractivity (Wildman–Crippen MR) is 74.3 cm³/mol. The van der Waals surface area contributed by atoms with Crippen LogP contribution in [0.1, 0.15) is 38.5 Å². The molecule has 0 amide bonds. The Labute approximate surface area is 116 Å². The summed E-state index contributed by atoms with van der Waals surface area (Å²) in [6.07, 6.45) is 8.13. The topological polar surface area (TPSA) is 21.7 Å². The first-order valence-corrected chi connectivity index (χ1v) is 7.76. The van der Waals surface area contributed by atoms with E-state index in [1.54, 1.807) is 7.11 Å². The van der Waals surface area contributed by atoms with E-state index in [9.17, 15) is 0 Å². The Kier molecular flexibility index (Phi) is 5.74. The molecule has 0 N–H and O–H groups in total. The van der Waals surface area contributed by atoms with E-state index in [-0.39, 0.29) is 5.60 Å². The molecule has 1 saturated carbocycles. The van der Waals surface area contributed by atoms with Crippen LogP contribution in [0.4, 0.5) is 0 Å². The van der Waals surface area contributed by atoms with E-state index in [4.69, 9.17) is 21.1 Å². The molecule has 2 rings (SSSR count). The van der Waals surface area contributed by atoms with Gasteiger partial charge in [-0.3, -0.25) is 4.90 Å². The first-order chi connectivity index (χ1) is 8.78. The molecule has 0 radical (unpaired) electrons. The second kappa shape index (κ2) is 7.09. The molecule has 4 heteroatoms. The summed E-state index contributed by atoms with van der Waals surface area (Å²) in [6.45, 7) is 3.67. The SMILES string of the molecule is COCCN(CCCl)CC1CCC2(CCCC2)O1. The highest BCUT2D eigenvalue weighted by molar-refractivity contribution is 6.18. The molecule has 0 bridgehead atoms. The van der Waals surface area contributed by atoms with Gasteiger partial charge < -0.3 is 9.47 Å². The Hall–Kier alpha value is 0.170. The molecular weight excluding hydrogens is 250 g/mol. The number of methoxy groups -OCH3 is 1. The molecule has 0 aromatic heterocycles. The zero-order valence-corrected chi connectivity index (χ0v) is 12.3. The van der Waals surface area contributed by atoms with Crippen molar-refractivity contribution in [3.8, 4) is 0 Å². The van der Waals surface area contributed by atoms with Crippen molar-refractivity contribution in [2.24, 2.45) is 0 Å². The maximum Gasteiger partial charge on any atom is 0.0710 e. The molecule has 3 nitrogen and oxygen atoms in total. The van der Waals surface area contributed by atoms with Crippen LogP contribution in [-0.2, 0) is 9.47 Å². The van der Waals surface area contributed by atoms with Crippen molar-refractivity contribution in [1.29, 1.82) is 0 Å². The minimum absolute atomic E-state index is 0.249. The van der Waals surface area contributed by atoms with Crippen molar-refractivity contribution in [2.75, 3.05) is 39.2 Å². The average molecular weight is 276 g/mol. The molecule has 0 aromatic rings. The normalized spacial score (nSPS) is 26.5. The van der Waals surface area contributed by atoms with E-state index >= 15 is 0 Å². The van der Waals surface area contributed by atoms with Crippen LogP contribution in [0.15, 0.2) is 0 Å². The molecule has 0 aromatic carbocycles. The van der Waals surface area contributed by atoms with Gasteiger partial charge >= 0.3 is 0 Å². The fraction of sp³-hybridized carbons (Fsp3) is 1.00. The molecule has 1 aliphatic heterocycles. The number of nitrogens with zero attached hydrogens (tertiary/aromatic N) is 1. The van der Waals surface area contributed by atoms with Crippen molar-refractivity contribution in [3.05, 3.63) is 0 Å². The summed E-state index contributed by atoms with van der Waals surface area (Å²) in [6, 6.07) is 0. The quantitative estimate of drug-likeness (QED) is 0.667. The molecule has 1 spiro atoms. The van der Waals surface area contributed by atoms with Crippen LogP contribution in [0.5, 0.6) is 0 Å². The van der Waals surface area contributed by atoms with Gasteiger partial charge in [-0.1, -0.05) is 12.8 Å². The Morgan fingerprint density at radius 1 is 1.28 bits per heavy atom. The monoisotopic (exact) mass is 275 g/mol. The van der Waals surface area contributed by atoms with Gasteiger partial charge in [-0.15, -0.1) is 11.6 Å². The molecule has 18 heavy (non-hydrogen) atoms. The van der Waals surface area contributed by atoms with Crippen LogP contribution >= 0.6 is 11.6 Å². The van der Waals surface area contributed by atoms with Crippen molar-refractivity contribution in [3.63, 3.8) is 0 Å². The van der Waals surface area contributed by atoms with Gasteiger partial charge in [0.05, 0.1) is 18.3 Å². The summed E-state index contributed by atoms with van der Waals surface area (Å²) >= 11 is 5.86. The second-order valence-corrected chi connectivity index (χ2v) is 6.03. The van der Waals surface area contributed by atoms with Crippen molar-refractivity contribution in [1.82, 2.24) is 4.90 Å². The Morgan fingerprint density at radius 3 is 2.72 bits per heavy atom. The highest BCUT2D eigenvalue weighted by Gasteiger charge is 2.42. The summed E-state index contributed by atoms with van der Waals surface area (Å²) in [5.41, 5.74) is 0.249. The number of hydrogen-bond acceptors (Lipinski definition) is 3. The fourth-order valence-corrected chi connectivity index (χ4v) is 3.57. The molecule has 1 saturated heterocycles. The average Bonchev–Trinajstić information content (AvgIpc) is 2.98. The zero-order valence-electron chi connectivity index (χ0n) is 11.5. The predicted octanol–water partition coefficient (Wildman–Crippen LogP) is 2.67. The second-order valence-electron chi connectivity index (χ2n) is 5.65. The summed E-state index contributed by atoms with van der Waals surface area (Å²) in [5.74, 6) is 0.682. The number of ether oxygens (including phenoxy) is 2. The Bertz CT molecular complexity index is 244. The standard InChI is InChI=1S/C14H26ClNO2/c1-17-11-10-16(9-8-15)12-13-4-7-14(18-13)5-2-3-6-14/h13H,2-12H2,1H3. The van der Waals surface area contributed by atoms with Crippen molar-refractivity contribution in [2.45, 2.75) is 50.2 Å². The summed E-state index contributed by atoms with van der Waals surface area (Å²) in [5, 5.41) is 0. The fourth-order valence-electron chi connectivity index (χ4n) is 3.33. The number of hydrogen-bond donors (Lipinski definition) is 0. The third-order valence-electron chi connectivity index (χ3n) is 4.33. The van der Waals surface area contributed by atoms with E-state index in [0.29, 0.717) is 12.0 Å². The molecule has 1 atom stereocenters. The van der Waals surface area contributed by atoms with Crippen molar-refractivity contribution >= 4 is 11.6 Å². The van der Waals surface area contributed by atoms with Gasteiger partial charge in [0.25, 0.3) is 0 Å². The maximum atomic E-state index is 6.34. The number of alkyl halides is 1. The van der Waals surface area contributed by atoms with E-state index in [2.05, 4.69) is 4.90 Å². The molecule has 106 valence electrons. The maximum absolute atomic E-state index is 6.34. The largest absolute Gasteiger partial charge is 0.383 e. The van der Waals surface area contributed by atoms with Gasteiger partial charge in [-0.25, -0.2) is 0 Å². The van der Waals surface area contributed by atoms with Gasteiger partial charge in [0.1, 0.15) is 0 Å². The van der Waals surface area contributed by atoms with Crippen LogP contribution in [-0.4, -0.2) is 55.8 Å². The van der Waals surface area contributed by atoms with E-state index in [1.807, 2.05) is 0 Å². The minimum Gasteiger partial charge on any atom is -0.383 e. The number of halogens is 1. The lowest BCUT2D eigenvalue weighted by Crippen LogP contribution is -2.37. The van der Waals surface area contributed by atoms with Gasteiger partial charge in [-0.05, 0) is 25.7 Å². The van der Waals surface area contributed by atoms with Gasteiger partial charge in [0.15, 0.2) is 0 Å². The highest BCUT2D eigenvalue weighted by Crippen LogP contribution is 2.43. The highest BCUT2D eigenvalue weighted by atomic mass is 35.5. The van der Waals surface area contributed by atoms with Crippen LogP contribution < -0.4 is 0 Å². The molecular formula is C14H26ClNO2. The molecule has 1 aliphatic carbocycles.